The van der Waals surface area contributed by atoms with Gasteiger partial charge in [0.05, 0.1) is 17.1 Å². The molecule has 4 aromatic carbocycles. The molecule has 4 nitrogen and oxygen atoms in total. The molecular weight excluding hydrogens is 514 g/mol. The van der Waals surface area contributed by atoms with Crippen LogP contribution < -0.4 is 0 Å². The Hall–Kier alpha value is -4.96. The van der Waals surface area contributed by atoms with Crippen LogP contribution in [0.3, 0.4) is 0 Å². The Kier molecular flexibility index (Phi) is 7.45. The van der Waals surface area contributed by atoms with Crippen molar-refractivity contribution in [1.82, 2.24) is 14.5 Å². The summed E-state index contributed by atoms with van der Waals surface area (Å²) in [5, 5.41) is 10.4. The SMILES string of the molecule is CC(C)c1cc(-c2ccccc2)cc(C(C)C)c1-n1ccnc1-c1cccc(-c2cccc(-c3ccccc3O)n2)c1. The lowest BCUT2D eigenvalue weighted by molar-refractivity contribution is 0.477. The number of nitrogens with zero attached hydrogens (tertiary/aromatic N) is 3. The second kappa shape index (κ2) is 11.5. The number of imidazole rings is 1. The maximum absolute atomic E-state index is 10.4. The second-order valence-corrected chi connectivity index (χ2v) is 11.3. The van der Waals surface area contributed by atoms with Gasteiger partial charge in [-0.15, -0.1) is 0 Å². The number of hydrogen-bond donors (Lipinski definition) is 1. The van der Waals surface area contributed by atoms with E-state index in [1.54, 1.807) is 6.07 Å². The first kappa shape index (κ1) is 27.2. The third kappa shape index (κ3) is 5.24. The highest BCUT2D eigenvalue weighted by Crippen LogP contribution is 2.38. The number of aromatic nitrogens is 3. The molecule has 208 valence electrons. The fraction of sp³-hybridized carbons (Fsp3) is 0.158. The minimum absolute atomic E-state index is 0.220. The molecule has 0 atom stereocenters. The monoisotopic (exact) mass is 549 g/mol. The summed E-state index contributed by atoms with van der Waals surface area (Å²) in [6.07, 6.45) is 3.97. The largest absolute Gasteiger partial charge is 0.507 e. The van der Waals surface area contributed by atoms with Crippen molar-refractivity contribution >= 4 is 0 Å². The molecule has 0 saturated heterocycles. The van der Waals surface area contributed by atoms with Crippen molar-refractivity contribution in [1.29, 1.82) is 0 Å². The second-order valence-electron chi connectivity index (χ2n) is 11.3. The number of aromatic hydroxyl groups is 1. The summed E-state index contributed by atoms with van der Waals surface area (Å²) in [6.45, 7) is 9.05. The quantitative estimate of drug-likeness (QED) is 0.216. The standard InChI is InChI=1S/C38H35N3O/c1-25(2)32-23-30(27-12-6-5-7-13-27)24-33(26(3)4)37(32)41-21-20-39-38(41)29-15-10-14-28(22-29)34-17-11-18-35(40-34)31-16-8-9-19-36(31)42/h5-26,42H,1-4H3. The topological polar surface area (TPSA) is 50.9 Å². The summed E-state index contributed by atoms with van der Waals surface area (Å²) in [6, 6.07) is 36.9. The van der Waals surface area contributed by atoms with Gasteiger partial charge in [-0.3, -0.25) is 4.57 Å². The maximum atomic E-state index is 10.4. The third-order valence-corrected chi connectivity index (χ3v) is 7.75. The van der Waals surface area contributed by atoms with Crippen LogP contribution in [0.5, 0.6) is 5.75 Å². The van der Waals surface area contributed by atoms with E-state index in [-0.39, 0.29) is 5.75 Å². The summed E-state index contributed by atoms with van der Waals surface area (Å²) in [4.78, 5) is 9.77. The number of phenols is 1. The number of hydrogen-bond acceptors (Lipinski definition) is 3. The van der Waals surface area contributed by atoms with Gasteiger partial charge in [0.2, 0.25) is 0 Å². The van der Waals surface area contributed by atoms with Crippen LogP contribution in [0.15, 0.2) is 122 Å². The molecule has 2 aromatic heterocycles. The average molecular weight is 550 g/mol. The van der Waals surface area contributed by atoms with E-state index < -0.39 is 0 Å². The predicted octanol–water partition coefficient (Wildman–Crippen LogP) is 9.89. The molecule has 2 heterocycles. The number of para-hydroxylation sites is 1. The van der Waals surface area contributed by atoms with Crippen molar-refractivity contribution in [3.05, 3.63) is 133 Å². The van der Waals surface area contributed by atoms with E-state index in [9.17, 15) is 5.11 Å². The maximum Gasteiger partial charge on any atom is 0.144 e. The molecule has 0 unspecified atom stereocenters. The van der Waals surface area contributed by atoms with Crippen LogP contribution in [0.1, 0.15) is 50.7 Å². The van der Waals surface area contributed by atoms with Crippen molar-refractivity contribution in [3.8, 4) is 56.5 Å². The molecule has 4 heteroatoms. The van der Waals surface area contributed by atoms with Crippen LogP contribution >= 0.6 is 0 Å². The van der Waals surface area contributed by atoms with Crippen molar-refractivity contribution in [3.63, 3.8) is 0 Å². The van der Waals surface area contributed by atoms with Gasteiger partial charge in [-0.2, -0.15) is 0 Å². The van der Waals surface area contributed by atoms with Gasteiger partial charge in [0.1, 0.15) is 11.6 Å². The molecule has 42 heavy (non-hydrogen) atoms. The zero-order valence-corrected chi connectivity index (χ0v) is 24.5. The van der Waals surface area contributed by atoms with Gasteiger partial charge >= 0.3 is 0 Å². The van der Waals surface area contributed by atoms with E-state index in [1.165, 1.54) is 27.9 Å². The van der Waals surface area contributed by atoms with Gasteiger partial charge in [-0.25, -0.2) is 9.97 Å². The highest BCUT2D eigenvalue weighted by molar-refractivity contribution is 5.75. The Labute approximate surface area is 248 Å². The molecule has 0 radical (unpaired) electrons. The van der Waals surface area contributed by atoms with E-state index in [1.807, 2.05) is 42.6 Å². The number of rotatable bonds is 7. The molecular formula is C38H35N3O. The first-order valence-electron chi connectivity index (χ1n) is 14.5. The number of benzene rings is 4. The van der Waals surface area contributed by atoms with E-state index in [0.29, 0.717) is 17.4 Å². The molecule has 6 rings (SSSR count). The van der Waals surface area contributed by atoms with Gasteiger partial charge < -0.3 is 5.11 Å². The average Bonchev–Trinajstić information content (AvgIpc) is 3.51. The van der Waals surface area contributed by atoms with Crippen LogP contribution in [0, 0.1) is 0 Å². The lowest BCUT2D eigenvalue weighted by Crippen LogP contribution is -2.08. The summed E-state index contributed by atoms with van der Waals surface area (Å²) < 4.78 is 2.25. The smallest absolute Gasteiger partial charge is 0.144 e. The van der Waals surface area contributed by atoms with Crippen LogP contribution in [0.4, 0.5) is 0 Å². The summed E-state index contributed by atoms with van der Waals surface area (Å²) >= 11 is 0. The molecule has 1 N–H and O–H groups in total. The first-order chi connectivity index (χ1) is 20.4. The molecule has 6 aromatic rings. The van der Waals surface area contributed by atoms with E-state index >= 15 is 0 Å². The molecule has 0 aliphatic rings. The Morgan fingerprint density at radius 2 is 1.21 bits per heavy atom. The highest BCUT2D eigenvalue weighted by atomic mass is 16.3. The number of pyridine rings is 1. The summed E-state index contributed by atoms with van der Waals surface area (Å²) in [5.41, 5.74) is 10.6. The van der Waals surface area contributed by atoms with Crippen LogP contribution in [-0.4, -0.2) is 19.6 Å². The lowest BCUT2D eigenvalue weighted by Gasteiger charge is -2.24. The van der Waals surface area contributed by atoms with Gasteiger partial charge in [-0.1, -0.05) is 94.4 Å². The molecule has 0 saturated carbocycles. The Morgan fingerprint density at radius 1 is 0.595 bits per heavy atom. The predicted molar refractivity (Wildman–Crippen MR) is 173 cm³/mol. The first-order valence-corrected chi connectivity index (χ1v) is 14.5. The van der Waals surface area contributed by atoms with Gasteiger partial charge in [0, 0.05) is 29.1 Å². The normalized spacial score (nSPS) is 11.4. The third-order valence-electron chi connectivity index (χ3n) is 7.75. The van der Waals surface area contributed by atoms with Crippen molar-refractivity contribution in [2.45, 2.75) is 39.5 Å². The van der Waals surface area contributed by atoms with Gasteiger partial charge in [0.15, 0.2) is 0 Å². The van der Waals surface area contributed by atoms with E-state index in [4.69, 9.17) is 9.97 Å². The zero-order chi connectivity index (χ0) is 29.2. The highest BCUT2D eigenvalue weighted by Gasteiger charge is 2.21. The van der Waals surface area contributed by atoms with E-state index in [2.05, 4.69) is 105 Å². The van der Waals surface area contributed by atoms with Gasteiger partial charge in [-0.05, 0) is 76.6 Å². The Balaban J connectivity index is 1.46. The zero-order valence-electron chi connectivity index (χ0n) is 24.5. The minimum atomic E-state index is 0.220. The Bertz CT molecular complexity index is 1820. The molecule has 0 aliphatic carbocycles. The summed E-state index contributed by atoms with van der Waals surface area (Å²) in [5.74, 6) is 1.76. The van der Waals surface area contributed by atoms with Crippen LogP contribution in [-0.2, 0) is 0 Å². The molecule has 0 fully saturated rings. The van der Waals surface area contributed by atoms with E-state index in [0.717, 1.165) is 28.3 Å². The van der Waals surface area contributed by atoms with Gasteiger partial charge in [0.25, 0.3) is 0 Å². The molecule has 0 bridgehead atoms. The fourth-order valence-corrected chi connectivity index (χ4v) is 5.59. The molecule has 0 amide bonds. The lowest BCUT2D eigenvalue weighted by atomic mass is 9.88. The van der Waals surface area contributed by atoms with Crippen molar-refractivity contribution < 1.29 is 5.11 Å². The van der Waals surface area contributed by atoms with Crippen molar-refractivity contribution in [2.24, 2.45) is 0 Å². The minimum Gasteiger partial charge on any atom is -0.507 e. The summed E-state index contributed by atoms with van der Waals surface area (Å²) in [7, 11) is 0. The molecule has 0 spiro atoms. The van der Waals surface area contributed by atoms with Crippen LogP contribution in [0.25, 0.3) is 50.7 Å². The van der Waals surface area contributed by atoms with Crippen molar-refractivity contribution in [2.75, 3.05) is 0 Å². The molecule has 0 aliphatic heterocycles. The van der Waals surface area contributed by atoms with Crippen LogP contribution in [0.2, 0.25) is 0 Å². The Morgan fingerprint density at radius 3 is 1.93 bits per heavy atom. The fourth-order valence-electron chi connectivity index (χ4n) is 5.59. The number of phenolic OH excluding ortho intramolecular Hbond substituents is 1.